The molecule has 1 atom stereocenters. The largest absolute Gasteiger partial charge is 0.522 e. The number of pyridine rings is 1. The first-order chi connectivity index (χ1) is 27.2. The van der Waals surface area contributed by atoms with Gasteiger partial charge in [0.05, 0.1) is 28.8 Å². The number of hydrogen-bond acceptors (Lipinski definition) is 9. The number of imidazole rings is 1. The Morgan fingerprint density at radius 1 is 0.860 bits per heavy atom. The zero-order valence-corrected chi connectivity index (χ0v) is 31.8. The number of alkyl halides is 3. The zero-order chi connectivity index (χ0) is 40.2. The van der Waals surface area contributed by atoms with E-state index in [1.807, 2.05) is 34.9 Å². The molecule has 1 N–H and O–H groups in total. The fourth-order valence-electron chi connectivity index (χ4n) is 8.92. The van der Waals surface area contributed by atoms with Crippen molar-refractivity contribution >= 4 is 40.3 Å². The number of aryl methyl sites for hydroxylation is 2. The monoisotopic (exact) mass is 787 g/mol. The molecule has 0 spiro atoms. The Morgan fingerprint density at radius 2 is 1.60 bits per heavy atom. The highest BCUT2D eigenvalue weighted by atomic mass is 19.4. The van der Waals surface area contributed by atoms with E-state index in [1.165, 1.54) is 4.57 Å². The molecule has 57 heavy (non-hydrogen) atoms. The average Bonchev–Trinajstić information content (AvgIpc) is 3.66. The van der Waals surface area contributed by atoms with Gasteiger partial charge in [0.2, 0.25) is 11.8 Å². The Balaban J connectivity index is 0.897. The lowest BCUT2D eigenvalue weighted by atomic mass is 9.92. The van der Waals surface area contributed by atoms with Crippen molar-refractivity contribution in [2.45, 2.75) is 70.3 Å². The highest BCUT2D eigenvalue weighted by molar-refractivity contribution is 6.23. The molecule has 3 saturated heterocycles. The fraction of sp³-hybridized carbons (Fsp3) is 0.463. The van der Waals surface area contributed by atoms with Gasteiger partial charge in [0.15, 0.2) is 0 Å². The summed E-state index contributed by atoms with van der Waals surface area (Å²) in [5.41, 5.74) is 4.96. The van der Waals surface area contributed by atoms with Crippen molar-refractivity contribution in [2.24, 2.45) is 13.0 Å². The van der Waals surface area contributed by atoms with Gasteiger partial charge in [-0.05, 0) is 106 Å². The van der Waals surface area contributed by atoms with Gasteiger partial charge in [-0.1, -0.05) is 6.07 Å². The molecule has 4 aromatic rings. The van der Waals surface area contributed by atoms with Gasteiger partial charge in [-0.2, -0.15) is 0 Å². The molecule has 0 aliphatic carbocycles. The van der Waals surface area contributed by atoms with Crippen LogP contribution >= 0.6 is 0 Å². The molecule has 16 heteroatoms. The van der Waals surface area contributed by atoms with E-state index in [2.05, 4.69) is 19.9 Å². The Kier molecular flexibility index (Phi) is 10.3. The van der Waals surface area contributed by atoms with Crippen LogP contribution in [0.3, 0.4) is 0 Å². The summed E-state index contributed by atoms with van der Waals surface area (Å²) in [4.78, 5) is 73.5. The molecule has 0 radical (unpaired) electrons. The van der Waals surface area contributed by atoms with Crippen LogP contribution in [0.5, 0.6) is 0 Å². The molecule has 4 aliphatic rings. The number of nitrogens with one attached hydrogen (secondary N) is 1. The number of benzene rings is 2. The third-order valence-corrected chi connectivity index (χ3v) is 11.9. The van der Waals surface area contributed by atoms with Crippen LogP contribution in [0.25, 0.3) is 22.2 Å². The highest BCUT2D eigenvalue weighted by Gasteiger charge is 2.45. The van der Waals surface area contributed by atoms with E-state index in [1.54, 1.807) is 32.3 Å². The van der Waals surface area contributed by atoms with Crippen LogP contribution in [-0.2, 0) is 27.9 Å². The van der Waals surface area contributed by atoms with Gasteiger partial charge < -0.3 is 18.9 Å². The number of piperidine rings is 3. The average molecular weight is 788 g/mol. The van der Waals surface area contributed by atoms with Crippen LogP contribution in [-0.4, -0.2) is 99.3 Å². The Bertz CT molecular complexity index is 2300. The van der Waals surface area contributed by atoms with Gasteiger partial charge in [0.1, 0.15) is 11.9 Å². The summed E-state index contributed by atoms with van der Waals surface area (Å²) in [6.45, 7) is 5.37. The van der Waals surface area contributed by atoms with E-state index < -0.39 is 42.6 Å². The Morgan fingerprint density at radius 3 is 2.30 bits per heavy atom. The van der Waals surface area contributed by atoms with E-state index in [4.69, 9.17) is 4.98 Å². The lowest BCUT2D eigenvalue weighted by Gasteiger charge is -2.38. The number of hydrogen-bond donors (Lipinski definition) is 1. The number of nitrogens with zero attached hydrogens (tertiary/aromatic N) is 6. The van der Waals surface area contributed by atoms with Crippen molar-refractivity contribution in [1.29, 1.82) is 0 Å². The number of anilines is 1. The van der Waals surface area contributed by atoms with Gasteiger partial charge in [-0.25, -0.2) is 4.98 Å². The lowest BCUT2D eigenvalue weighted by Crippen LogP contribution is -2.54. The fourth-order valence-corrected chi connectivity index (χ4v) is 8.92. The van der Waals surface area contributed by atoms with Crippen molar-refractivity contribution in [3.63, 3.8) is 0 Å². The van der Waals surface area contributed by atoms with Gasteiger partial charge in [0, 0.05) is 63.0 Å². The maximum atomic E-state index is 13.4. The number of halogens is 3. The van der Waals surface area contributed by atoms with E-state index in [0.29, 0.717) is 17.0 Å². The number of imide groups is 2. The molecule has 3 fully saturated rings. The van der Waals surface area contributed by atoms with Crippen LogP contribution in [0, 0.1) is 12.8 Å². The highest BCUT2D eigenvalue weighted by Crippen LogP contribution is 2.35. The second-order valence-electron chi connectivity index (χ2n) is 15.6. The smallest absolute Gasteiger partial charge is 0.371 e. The molecule has 0 saturated carbocycles. The van der Waals surface area contributed by atoms with Crippen LogP contribution in [0.1, 0.15) is 76.5 Å². The van der Waals surface area contributed by atoms with Crippen LogP contribution in [0.15, 0.2) is 53.5 Å². The number of aromatic nitrogens is 3. The first-order valence-electron chi connectivity index (χ1n) is 19.5. The first-order valence-corrected chi connectivity index (χ1v) is 19.5. The lowest BCUT2D eigenvalue weighted by molar-refractivity contribution is -0.325. The summed E-state index contributed by atoms with van der Waals surface area (Å²) in [6, 6.07) is 11.8. The van der Waals surface area contributed by atoms with Crippen molar-refractivity contribution in [1.82, 2.24) is 29.2 Å². The third-order valence-electron chi connectivity index (χ3n) is 11.9. The van der Waals surface area contributed by atoms with Gasteiger partial charge in [0.25, 0.3) is 17.4 Å². The van der Waals surface area contributed by atoms with E-state index >= 15 is 0 Å². The quantitative estimate of drug-likeness (QED) is 0.239. The van der Waals surface area contributed by atoms with Crippen LogP contribution in [0.4, 0.5) is 18.9 Å². The van der Waals surface area contributed by atoms with Crippen LogP contribution in [0.2, 0.25) is 0 Å². The first kappa shape index (κ1) is 38.5. The normalized spacial score (nSPS) is 20.2. The predicted octanol–water partition coefficient (Wildman–Crippen LogP) is 4.74. The summed E-state index contributed by atoms with van der Waals surface area (Å²) in [5, 5.41) is 2.23. The second-order valence-corrected chi connectivity index (χ2v) is 15.6. The Labute approximate surface area is 326 Å². The molecule has 300 valence electrons. The molecule has 6 heterocycles. The summed E-state index contributed by atoms with van der Waals surface area (Å²) >= 11 is 0. The number of rotatable bonds is 9. The second kappa shape index (κ2) is 15.2. The number of likely N-dealkylation sites (tertiary alicyclic amines) is 1. The van der Waals surface area contributed by atoms with E-state index in [9.17, 15) is 37.1 Å². The third kappa shape index (κ3) is 7.72. The molecular weight excluding hydrogens is 743 g/mol. The van der Waals surface area contributed by atoms with Gasteiger partial charge >= 0.3 is 6.36 Å². The molecule has 4 amide bonds. The summed E-state index contributed by atoms with van der Waals surface area (Å²) in [6.07, 6.45) is 0.701. The molecule has 1 unspecified atom stereocenters. The molecule has 2 aromatic heterocycles. The molecule has 13 nitrogen and oxygen atoms in total. The van der Waals surface area contributed by atoms with Crippen molar-refractivity contribution in [3.8, 4) is 11.1 Å². The van der Waals surface area contributed by atoms with Crippen molar-refractivity contribution < 1.29 is 37.1 Å². The summed E-state index contributed by atoms with van der Waals surface area (Å²) in [7, 11) is 1.69. The maximum absolute atomic E-state index is 13.4. The maximum Gasteiger partial charge on any atom is 0.522 e. The summed E-state index contributed by atoms with van der Waals surface area (Å²) in [5.74, 6) is -0.808. The van der Waals surface area contributed by atoms with E-state index in [0.717, 1.165) is 91.5 Å². The predicted molar refractivity (Wildman–Crippen MR) is 204 cm³/mol. The van der Waals surface area contributed by atoms with Crippen molar-refractivity contribution in [3.05, 3.63) is 81.5 Å². The SMILES string of the molecule is Cc1cc(-c2ccc3nc(C4CCN(CC5CCN(c6ccc7c(c6)C(=O)N(C6CCC(=O)NC6=O)C7=O)CC5)CC4)n(CCOC(F)(F)F)c3c2)cn(C)c1=O. The van der Waals surface area contributed by atoms with Crippen molar-refractivity contribution in [2.75, 3.05) is 44.2 Å². The summed E-state index contributed by atoms with van der Waals surface area (Å²) < 4.78 is 46.7. The number of fused-ring (bicyclic) bond motifs is 2. The van der Waals surface area contributed by atoms with Gasteiger partial charge in [-0.15, -0.1) is 13.2 Å². The number of carbonyl (C=O) groups excluding carboxylic acids is 4. The number of ether oxygens (including phenoxy) is 1. The minimum Gasteiger partial charge on any atom is -0.371 e. The van der Waals surface area contributed by atoms with Crippen LogP contribution < -0.4 is 15.8 Å². The molecule has 2 aromatic carbocycles. The minimum absolute atomic E-state index is 0.00727. The minimum atomic E-state index is -4.74. The van der Waals surface area contributed by atoms with E-state index in [-0.39, 0.29) is 42.0 Å². The Hall–Kier alpha value is -5.35. The molecule has 4 aliphatic heterocycles. The number of carbonyl (C=O) groups is 4. The number of amides is 4. The zero-order valence-electron chi connectivity index (χ0n) is 31.8. The molecular formula is C41H44F3N7O6. The molecule has 8 rings (SSSR count). The van der Waals surface area contributed by atoms with Gasteiger partial charge in [-0.3, -0.25) is 38.9 Å². The topological polar surface area (TPSA) is 139 Å². The molecule has 0 bridgehead atoms. The standard InChI is InChI=1S/C41H44F3N7O6/c1-24-19-28(23-47(2)38(24)54)27-3-6-32-34(20-27)50(17-18-57-41(42,43)44)36(45-32)26-11-13-48(14-12-26)22-25-9-15-49(16-10-25)29-4-5-30-31(21-29)40(56)51(39(30)55)33-7-8-35(52)46-37(33)53/h3-6,19-21,23,25-26,33H,7-18,22H2,1-2H3,(H,46,52,53).